The van der Waals surface area contributed by atoms with Gasteiger partial charge in [-0.05, 0) is 98.7 Å². The van der Waals surface area contributed by atoms with Crippen LogP contribution in [0.1, 0.15) is 140 Å². The number of hydrogen-bond acceptors (Lipinski definition) is 2. The van der Waals surface area contributed by atoms with Gasteiger partial charge < -0.3 is 4.74 Å². The lowest BCUT2D eigenvalue weighted by Gasteiger charge is -2.35. The highest BCUT2D eigenvalue weighted by Crippen LogP contribution is 2.41. The second-order valence-corrected chi connectivity index (χ2v) is 14.7. The second kappa shape index (κ2) is 17.2. The number of ether oxygens (including phenoxy) is 1. The first-order valence-corrected chi connectivity index (χ1v) is 18.2. The summed E-state index contributed by atoms with van der Waals surface area (Å²) in [5, 5.41) is 0. The lowest BCUT2D eigenvalue weighted by molar-refractivity contribution is -0.140. The predicted octanol–water partition coefficient (Wildman–Crippen LogP) is 12.1. The monoisotopic (exact) mass is 664 g/mol. The highest BCUT2D eigenvalue weighted by Gasteiger charge is 2.32. The lowest BCUT2D eigenvalue weighted by atomic mass is 9.71. The molecule has 0 aromatic heterocycles. The highest BCUT2D eigenvalue weighted by atomic mass is 19.2. The largest absolute Gasteiger partial charge is 0.426 e. The molecule has 0 radical (unpaired) electrons. The van der Waals surface area contributed by atoms with Crippen molar-refractivity contribution in [3.05, 3.63) is 64.7 Å². The Hall–Kier alpha value is -2.51. The zero-order valence-corrected chi connectivity index (χ0v) is 27.5. The molecule has 8 heteroatoms. The van der Waals surface area contributed by atoms with Crippen molar-refractivity contribution in [2.75, 3.05) is 0 Å². The molecule has 6 rings (SSSR count). The van der Waals surface area contributed by atoms with Gasteiger partial charge in [0.2, 0.25) is 0 Å². The van der Waals surface area contributed by atoms with E-state index in [1.807, 2.05) is 0 Å². The Balaban J connectivity index is 0.000000185. The van der Waals surface area contributed by atoms with E-state index >= 15 is 0 Å². The van der Waals surface area contributed by atoms with Crippen molar-refractivity contribution in [1.29, 1.82) is 0 Å². The first-order chi connectivity index (χ1) is 22.7. The van der Waals surface area contributed by atoms with Gasteiger partial charge in [-0.25, -0.2) is 26.3 Å². The highest BCUT2D eigenvalue weighted by molar-refractivity contribution is 5.75. The SMILES string of the molecule is Fc1cc(C2CCC(CCC3CCCCC3)CC2)cc(F)c1F.O=C(Oc1cc(F)c(F)c(F)c1)C1CCC(C2CCCCC2)CC1. The van der Waals surface area contributed by atoms with Crippen molar-refractivity contribution in [2.24, 2.45) is 29.6 Å². The average molecular weight is 665 g/mol. The third-order valence-corrected chi connectivity index (χ3v) is 11.6. The second-order valence-electron chi connectivity index (χ2n) is 14.7. The van der Waals surface area contributed by atoms with Crippen LogP contribution in [0, 0.1) is 64.5 Å². The molecule has 0 amide bonds. The van der Waals surface area contributed by atoms with Crippen molar-refractivity contribution in [3.8, 4) is 5.75 Å². The van der Waals surface area contributed by atoms with Crippen molar-refractivity contribution in [1.82, 2.24) is 0 Å². The topological polar surface area (TPSA) is 26.3 Å². The summed E-state index contributed by atoms with van der Waals surface area (Å²) in [7, 11) is 0. The molecule has 260 valence electrons. The number of halogens is 6. The van der Waals surface area contributed by atoms with Crippen LogP contribution in [-0.4, -0.2) is 5.97 Å². The molecule has 0 saturated heterocycles. The molecule has 4 aliphatic carbocycles. The summed E-state index contributed by atoms with van der Waals surface area (Å²) in [5.74, 6) is -5.33. The molecule has 2 nitrogen and oxygen atoms in total. The fourth-order valence-corrected chi connectivity index (χ4v) is 8.77. The number of esters is 1. The van der Waals surface area contributed by atoms with Crippen LogP contribution in [0.25, 0.3) is 0 Å². The molecule has 47 heavy (non-hydrogen) atoms. The van der Waals surface area contributed by atoms with E-state index in [0.717, 1.165) is 69.1 Å². The normalized spacial score (nSPS) is 25.9. The summed E-state index contributed by atoms with van der Waals surface area (Å²) in [4.78, 5) is 12.2. The molecule has 4 aliphatic rings. The Morgan fingerprint density at radius 3 is 1.51 bits per heavy atom. The number of hydrogen-bond donors (Lipinski definition) is 0. The first-order valence-electron chi connectivity index (χ1n) is 18.2. The van der Waals surface area contributed by atoms with Crippen LogP contribution in [0.3, 0.4) is 0 Å². The van der Waals surface area contributed by atoms with Gasteiger partial charge in [-0.15, -0.1) is 0 Å². The summed E-state index contributed by atoms with van der Waals surface area (Å²) in [6.07, 6.45) is 24.0. The van der Waals surface area contributed by atoms with E-state index in [9.17, 15) is 31.1 Å². The Bertz CT molecular complexity index is 1260. The fraction of sp³-hybridized carbons (Fsp3) is 0.667. The van der Waals surface area contributed by atoms with Gasteiger partial charge in [-0.2, -0.15) is 0 Å². The van der Waals surface area contributed by atoms with Crippen molar-refractivity contribution >= 4 is 5.97 Å². The van der Waals surface area contributed by atoms with Crippen molar-refractivity contribution in [3.63, 3.8) is 0 Å². The quantitative estimate of drug-likeness (QED) is 0.127. The maximum Gasteiger partial charge on any atom is 0.314 e. The summed E-state index contributed by atoms with van der Waals surface area (Å²) in [6.45, 7) is 0. The van der Waals surface area contributed by atoms with Crippen LogP contribution in [0.5, 0.6) is 5.75 Å². The maximum absolute atomic E-state index is 13.4. The molecule has 2 aromatic carbocycles. The molecular weight excluding hydrogens is 614 g/mol. The van der Waals surface area contributed by atoms with E-state index < -0.39 is 40.9 Å². The van der Waals surface area contributed by atoms with Gasteiger partial charge in [0.25, 0.3) is 0 Å². The molecule has 0 N–H and O–H groups in total. The van der Waals surface area contributed by atoms with Gasteiger partial charge in [0, 0.05) is 12.1 Å². The summed E-state index contributed by atoms with van der Waals surface area (Å²) in [5.41, 5.74) is 0.632. The van der Waals surface area contributed by atoms with Crippen LogP contribution < -0.4 is 4.74 Å². The standard InChI is InChI=1S/C20H27F3.C19H23F3O2/c21-18-12-17(13-19(22)20(18)23)16-10-8-15(9-11-16)7-6-14-4-2-1-3-5-14;20-16-10-15(11-17(21)18(16)22)24-19(23)14-8-6-13(7-9-14)12-4-2-1-3-5-12/h12-16H,1-11H2;10-14H,1-9H2. The van der Waals surface area contributed by atoms with Crippen LogP contribution in [0.4, 0.5) is 26.3 Å². The van der Waals surface area contributed by atoms with Crippen molar-refractivity contribution < 1.29 is 35.9 Å². The van der Waals surface area contributed by atoms with Crippen LogP contribution in [0.15, 0.2) is 24.3 Å². The molecule has 0 aliphatic heterocycles. The van der Waals surface area contributed by atoms with Gasteiger partial charge in [0.15, 0.2) is 34.9 Å². The Morgan fingerprint density at radius 2 is 0.979 bits per heavy atom. The number of carbonyl (C=O) groups excluding carboxylic acids is 1. The molecular formula is C39H50F6O2. The van der Waals surface area contributed by atoms with E-state index in [0.29, 0.717) is 23.6 Å². The number of benzene rings is 2. The van der Waals surface area contributed by atoms with Crippen LogP contribution in [-0.2, 0) is 4.79 Å². The Kier molecular flexibility index (Phi) is 13.1. The number of rotatable bonds is 7. The van der Waals surface area contributed by atoms with E-state index in [4.69, 9.17) is 4.74 Å². The first kappa shape index (κ1) is 35.8. The minimum Gasteiger partial charge on any atom is -0.426 e. The van der Waals surface area contributed by atoms with E-state index in [2.05, 4.69) is 0 Å². The van der Waals surface area contributed by atoms with E-state index in [1.54, 1.807) is 0 Å². The summed E-state index contributed by atoms with van der Waals surface area (Å²) < 4.78 is 84.2. The minimum atomic E-state index is -1.55. The van der Waals surface area contributed by atoms with Gasteiger partial charge in [-0.3, -0.25) is 4.79 Å². The van der Waals surface area contributed by atoms with Crippen LogP contribution in [0.2, 0.25) is 0 Å². The zero-order valence-electron chi connectivity index (χ0n) is 27.5. The molecule has 2 aromatic rings. The van der Waals surface area contributed by atoms with E-state index in [1.165, 1.54) is 89.2 Å². The Morgan fingerprint density at radius 1 is 0.532 bits per heavy atom. The third kappa shape index (κ3) is 10.0. The maximum atomic E-state index is 13.4. The molecule has 4 saturated carbocycles. The third-order valence-electron chi connectivity index (χ3n) is 11.6. The van der Waals surface area contributed by atoms with Gasteiger partial charge in [0.05, 0.1) is 5.92 Å². The van der Waals surface area contributed by atoms with Gasteiger partial charge >= 0.3 is 5.97 Å². The Labute approximate surface area is 276 Å². The van der Waals surface area contributed by atoms with Crippen molar-refractivity contribution in [2.45, 2.75) is 134 Å². The molecule has 0 unspecified atom stereocenters. The minimum absolute atomic E-state index is 0.186. The molecule has 0 bridgehead atoms. The fourth-order valence-electron chi connectivity index (χ4n) is 8.77. The lowest BCUT2D eigenvalue weighted by Crippen LogP contribution is -2.29. The molecule has 0 spiro atoms. The smallest absolute Gasteiger partial charge is 0.314 e. The van der Waals surface area contributed by atoms with E-state index in [-0.39, 0.29) is 17.6 Å². The molecule has 0 heterocycles. The molecule has 0 atom stereocenters. The summed E-state index contributed by atoms with van der Waals surface area (Å²) in [6, 6.07) is 3.80. The average Bonchev–Trinajstić information content (AvgIpc) is 3.10. The molecule has 4 fully saturated rings. The summed E-state index contributed by atoms with van der Waals surface area (Å²) >= 11 is 0. The van der Waals surface area contributed by atoms with Gasteiger partial charge in [-0.1, -0.05) is 77.0 Å². The predicted molar refractivity (Wildman–Crippen MR) is 171 cm³/mol. The van der Waals surface area contributed by atoms with Gasteiger partial charge in [0.1, 0.15) is 5.75 Å². The van der Waals surface area contributed by atoms with Crippen LogP contribution >= 0.6 is 0 Å². The zero-order chi connectivity index (χ0) is 33.3. The number of carbonyl (C=O) groups is 1.